The summed E-state index contributed by atoms with van der Waals surface area (Å²) in [6, 6.07) is 8.18. The lowest BCUT2D eigenvalue weighted by atomic mass is 10.3. The first-order chi connectivity index (χ1) is 12.3. The van der Waals surface area contributed by atoms with Crippen LogP contribution in [0, 0.1) is 11.6 Å². The van der Waals surface area contributed by atoms with E-state index in [0.29, 0.717) is 13.0 Å². The zero-order valence-corrected chi connectivity index (χ0v) is 14.8. The van der Waals surface area contributed by atoms with Gasteiger partial charge in [0.25, 0.3) is 5.91 Å². The molecule has 6 nitrogen and oxygen atoms in total. The van der Waals surface area contributed by atoms with Crippen molar-refractivity contribution in [3.05, 3.63) is 54.1 Å². The fourth-order valence-electron chi connectivity index (χ4n) is 1.96. The molecule has 0 saturated heterocycles. The monoisotopic (exact) mass is 384 g/mol. The molecule has 2 aromatic carbocycles. The molecule has 0 saturated carbocycles. The topological polar surface area (TPSA) is 84.5 Å². The molecule has 0 fully saturated rings. The number of carbonyl (C=O) groups excluding carboxylic acids is 1. The van der Waals surface area contributed by atoms with Gasteiger partial charge in [0.15, 0.2) is 6.61 Å². The predicted molar refractivity (Wildman–Crippen MR) is 92.4 cm³/mol. The van der Waals surface area contributed by atoms with Gasteiger partial charge in [-0.2, -0.15) is 0 Å². The molecule has 0 spiro atoms. The van der Waals surface area contributed by atoms with Crippen LogP contribution in [-0.2, 0) is 14.8 Å². The first-order valence-electron chi connectivity index (χ1n) is 7.79. The zero-order valence-electron chi connectivity index (χ0n) is 14.0. The first kappa shape index (κ1) is 19.8. The summed E-state index contributed by atoms with van der Waals surface area (Å²) in [5.41, 5.74) is -0.290. The molecule has 2 N–H and O–H groups in total. The van der Waals surface area contributed by atoms with Gasteiger partial charge in [-0.15, -0.1) is 0 Å². The number of sulfonamides is 1. The van der Waals surface area contributed by atoms with Gasteiger partial charge in [0.05, 0.1) is 10.6 Å². The molecule has 0 aliphatic rings. The SMILES string of the molecule is CCCNS(=O)(=O)c1ccc(OCC(=O)Nc2cc(F)ccc2F)cc1. The molecule has 9 heteroatoms. The van der Waals surface area contributed by atoms with Crippen molar-refractivity contribution in [2.75, 3.05) is 18.5 Å². The average molecular weight is 384 g/mol. The van der Waals surface area contributed by atoms with Crippen LogP contribution in [0.2, 0.25) is 0 Å². The van der Waals surface area contributed by atoms with E-state index < -0.39 is 34.2 Å². The molecule has 1 amide bonds. The number of amides is 1. The second-order valence-electron chi connectivity index (χ2n) is 5.33. The third kappa shape index (κ3) is 5.50. The molecular weight excluding hydrogens is 366 g/mol. The van der Waals surface area contributed by atoms with E-state index in [4.69, 9.17) is 4.74 Å². The number of ether oxygens (including phenoxy) is 1. The third-order valence-electron chi connectivity index (χ3n) is 3.25. The van der Waals surface area contributed by atoms with Crippen LogP contribution in [0.3, 0.4) is 0 Å². The molecule has 0 bridgehead atoms. The van der Waals surface area contributed by atoms with Gasteiger partial charge in [-0.25, -0.2) is 21.9 Å². The Hall–Kier alpha value is -2.52. The van der Waals surface area contributed by atoms with E-state index in [1.54, 1.807) is 0 Å². The fourth-order valence-corrected chi connectivity index (χ4v) is 3.10. The van der Waals surface area contributed by atoms with Crippen LogP contribution in [0.5, 0.6) is 5.75 Å². The summed E-state index contributed by atoms with van der Waals surface area (Å²) < 4.78 is 58.1. The third-order valence-corrected chi connectivity index (χ3v) is 4.73. The van der Waals surface area contributed by atoms with E-state index >= 15 is 0 Å². The van der Waals surface area contributed by atoms with E-state index in [-0.39, 0.29) is 16.3 Å². The number of anilines is 1. The highest BCUT2D eigenvalue weighted by atomic mass is 32.2. The van der Waals surface area contributed by atoms with Gasteiger partial charge in [0.1, 0.15) is 17.4 Å². The highest BCUT2D eigenvalue weighted by Crippen LogP contribution is 2.17. The summed E-state index contributed by atoms with van der Waals surface area (Å²) >= 11 is 0. The normalized spacial score (nSPS) is 11.2. The van der Waals surface area contributed by atoms with Crippen molar-refractivity contribution in [1.82, 2.24) is 4.72 Å². The summed E-state index contributed by atoms with van der Waals surface area (Å²) in [6.45, 7) is 1.73. The second kappa shape index (κ2) is 8.72. The molecule has 0 aliphatic carbocycles. The number of hydrogen-bond acceptors (Lipinski definition) is 4. The molecule has 0 radical (unpaired) electrons. The maximum absolute atomic E-state index is 13.5. The Labute approximate surface area is 150 Å². The number of rotatable bonds is 8. The summed E-state index contributed by atoms with van der Waals surface area (Å²) in [5.74, 6) is -1.88. The number of halogens is 2. The minimum Gasteiger partial charge on any atom is -0.484 e. The average Bonchev–Trinajstić information content (AvgIpc) is 2.62. The smallest absolute Gasteiger partial charge is 0.262 e. The number of benzene rings is 2. The van der Waals surface area contributed by atoms with E-state index in [9.17, 15) is 22.0 Å². The van der Waals surface area contributed by atoms with Crippen molar-refractivity contribution in [2.24, 2.45) is 0 Å². The summed E-state index contributed by atoms with van der Waals surface area (Å²) in [6.07, 6.45) is 0.668. The molecule has 26 heavy (non-hydrogen) atoms. The highest BCUT2D eigenvalue weighted by Gasteiger charge is 2.13. The fraction of sp³-hybridized carbons (Fsp3) is 0.235. The van der Waals surface area contributed by atoms with Crippen LogP contribution in [0.1, 0.15) is 13.3 Å². The van der Waals surface area contributed by atoms with Crippen LogP contribution < -0.4 is 14.8 Å². The van der Waals surface area contributed by atoms with Crippen LogP contribution in [0.25, 0.3) is 0 Å². The Kier molecular flexibility index (Phi) is 6.64. The van der Waals surface area contributed by atoms with Crippen molar-refractivity contribution >= 4 is 21.6 Å². The van der Waals surface area contributed by atoms with Crippen molar-refractivity contribution in [3.8, 4) is 5.75 Å². The Bertz CT molecular complexity index is 871. The minimum atomic E-state index is -3.58. The molecule has 0 aliphatic heterocycles. The van der Waals surface area contributed by atoms with Gasteiger partial charge in [-0.05, 0) is 42.8 Å². The van der Waals surface area contributed by atoms with E-state index in [1.807, 2.05) is 6.92 Å². The summed E-state index contributed by atoms with van der Waals surface area (Å²) in [5, 5.41) is 2.20. The van der Waals surface area contributed by atoms with Gasteiger partial charge in [0.2, 0.25) is 10.0 Å². The van der Waals surface area contributed by atoms with Crippen molar-refractivity contribution in [2.45, 2.75) is 18.2 Å². The minimum absolute atomic E-state index is 0.0737. The summed E-state index contributed by atoms with van der Waals surface area (Å²) in [4.78, 5) is 11.8. The summed E-state index contributed by atoms with van der Waals surface area (Å²) in [7, 11) is -3.58. The number of nitrogens with one attached hydrogen (secondary N) is 2. The van der Waals surface area contributed by atoms with Crippen molar-refractivity contribution in [3.63, 3.8) is 0 Å². The molecule has 0 aromatic heterocycles. The highest BCUT2D eigenvalue weighted by molar-refractivity contribution is 7.89. The molecule has 2 aromatic rings. The molecule has 140 valence electrons. The van der Waals surface area contributed by atoms with Crippen LogP contribution >= 0.6 is 0 Å². The van der Waals surface area contributed by atoms with Crippen LogP contribution in [0.15, 0.2) is 47.4 Å². The van der Waals surface area contributed by atoms with Gasteiger partial charge in [0, 0.05) is 12.6 Å². The van der Waals surface area contributed by atoms with Crippen LogP contribution in [0.4, 0.5) is 14.5 Å². The predicted octanol–water partition coefficient (Wildman–Crippen LogP) is 2.67. The first-order valence-corrected chi connectivity index (χ1v) is 9.27. The molecule has 2 rings (SSSR count). The van der Waals surface area contributed by atoms with E-state index in [2.05, 4.69) is 10.0 Å². The van der Waals surface area contributed by atoms with Crippen molar-refractivity contribution in [1.29, 1.82) is 0 Å². The largest absolute Gasteiger partial charge is 0.484 e. The maximum Gasteiger partial charge on any atom is 0.262 e. The van der Waals surface area contributed by atoms with Crippen molar-refractivity contribution < 1.29 is 26.7 Å². The molecule has 0 atom stereocenters. The lowest BCUT2D eigenvalue weighted by Gasteiger charge is -2.09. The Morgan fingerprint density at radius 3 is 2.46 bits per heavy atom. The quantitative estimate of drug-likeness (QED) is 0.733. The Morgan fingerprint density at radius 1 is 1.12 bits per heavy atom. The Morgan fingerprint density at radius 2 is 1.81 bits per heavy atom. The Balaban J connectivity index is 1.93. The molecule has 0 unspecified atom stereocenters. The molecule has 0 heterocycles. The van der Waals surface area contributed by atoms with Gasteiger partial charge in [-0.1, -0.05) is 6.92 Å². The van der Waals surface area contributed by atoms with Gasteiger partial charge >= 0.3 is 0 Å². The number of hydrogen-bond donors (Lipinski definition) is 2. The number of carbonyl (C=O) groups is 1. The van der Waals surface area contributed by atoms with E-state index in [0.717, 1.165) is 18.2 Å². The zero-order chi connectivity index (χ0) is 19.2. The lowest BCUT2D eigenvalue weighted by molar-refractivity contribution is -0.118. The van der Waals surface area contributed by atoms with Crippen LogP contribution in [-0.4, -0.2) is 27.5 Å². The van der Waals surface area contributed by atoms with E-state index in [1.165, 1.54) is 24.3 Å². The standard InChI is InChI=1S/C17H18F2N2O4S/c1-2-9-20-26(23,24)14-6-4-13(5-7-14)25-11-17(22)21-16-10-12(18)3-8-15(16)19/h3-8,10,20H,2,9,11H2,1H3,(H,21,22). The van der Waals surface area contributed by atoms with Gasteiger partial charge < -0.3 is 10.1 Å². The lowest BCUT2D eigenvalue weighted by Crippen LogP contribution is -2.24. The molecular formula is C17H18F2N2O4S. The maximum atomic E-state index is 13.5. The van der Waals surface area contributed by atoms with Gasteiger partial charge in [-0.3, -0.25) is 4.79 Å². The second-order valence-corrected chi connectivity index (χ2v) is 7.10.